The molecule has 3 N–H and O–H groups in total. The van der Waals surface area contributed by atoms with Gasteiger partial charge >= 0.3 is 5.97 Å². The zero-order valence-corrected chi connectivity index (χ0v) is 10.8. The highest BCUT2D eigenvalue weighted by atomic mass is 16.4. The summed E-state index contributed by atoms with van der Waals surface area (Å²) in [5.74, 6) is -0.793. The van der Waals surface area contributed by atoms with Gasteiger partial charge in [-0.2, -0.15) is 0 Å². The van der Waals surface area contributed by atoms with E-state index < -0.39 is 12.0 Å². The number of carbonyl (C=O) groups is 2. The molecule has 1 unspecified atom stereocenters. The van der Waals surface area contributed by atoms with E-state index in [0.29, 0.717) is 13.1 Å². The van der Waals surface area contributed by atoms with Crippen LogP contribution >= 0.6 is 0 Å². The molecule has 0 saturated carbocycles. The smallest absolute Gasteiger partial charge is 0.303 e. The average molecular weight is 242 g/mol. The van der Waals surface area contributed by atoms with Gasteiger partial charge in [-0.1, -0.05) is 20.8 Å². The van der Waals surface area contributed by atoms with Crippen LogP contribution in [0, 0.1) is 11.3 Å². The molecule has 5 heteroatoms. The summed E-state index contributed by atoms with van der Waals surface area (Å²) in [5.41, 5.74) is 5.65. The third-order valence-corrected chi connectivity index (χ3v) is 3.26. The molecule has 1 amide bonds. The van der Waals surface area contributed by atoms with Gasteiger partial charge in [0.1, 0.15) is 0 Å². The molecule has 98 valence electrons. The summed E-state index contributed by atoms with van der Waals surface area (Å²) in [6, 6.07) is -0.522. The van der Waals surface area contributed by atoms with E-state index in [2.05, 4.69) is 0 Å². The highest BCUT2D eigenvalue weighted by Gasteiger charge is 2.35. The molecule has 0 spiro atoms. The number of likely N-dealkylation sites (tertiary alicyclic amines) is 1. The predicted molar refractivity (Wildman–Crippen MR) is 64.4 cm³/mol. The van der Waals surface area contributed by atoms with Gasteiger partial charge < -0.3 is 15.7 Å². The SMILES string of the molecule is CC(C)(C)[C@@H](N)C(=O)N1CCC(CC(=O)O)C1. The van der Waals surface area contributed by atoms with Crippen LogP contribution in [-0.4, -0.2) is 41.0 Å². The van der Waals surface area contributed by atoms with E-state index in [0.717, 1.165) is 6.42 Å². The maximum atomic E-state index is 12.1. The molecule has 1 rings (SSSR count). The van der Waals surface area contributed by atoms with Crippen molar-refractivity contribution < 1.29 is 14.7 Å². The van der Waals surface area contributed by atoms with E-state index in [-0.39, 0.29) is 23.7 Å². The van der Waals surface area contributed by atoms with Crippen molar-refractivity contribution in [1.29, 1.82) is 0 Å². The zero-order valence-electron chi connectivity index (χ0n) is 10.8. The van der Waals surface area contributed by atoms with Gasteiger partial charge in [0, 0.05) is 19.5 Å². The lowest BCUT2D eigenvalue weighted by Gasteiger charge is -2.29. The van der Waals surface area contributed by atoms with Crippen LogP contribution in [0.2, 0.25) is 0 Å². The average Bonchev–Trinajstić information content (AvgIpc) is 2.61. The highest BCUT2D eigenvalue weighted by Crippen LogP contribution is 2.24. The first-order valence-electron chi connectivity index (χ1n) is 5.98. The minimum Gasteiger partial charge on any atom is -0.481 e. The number of hydrogen-bond donors (Lipinski definition) is 2. The van der Waals surface area contributed by atoms with Crippen molar-refractivity contribution in [3.63, 3.8) is 0 Å². The minimum atomic E-state index is -0.801. The van der Waals surface area contributed by atoms with Crippen LogP contribution in [0.15, 0.2) is 0 Å². The van der Waals surface area contributed by atoms with E-state index in [1.165, 1.54) is 0 Å². The molecule has 17 heavy (non-hydrogen) atoms. The summed E-state index contributed by atoms with van der Waals surface area (Å²) in [6.45, 7) is 6.94. The molecule has 1 fully saturated rings. The fourth-order valence-electron chi connectivity index (χ4n) is 2.01. The molecule has 1 aliphatic heterocycles. The Balaban J connectivity index is 2.54. The number of nitrogens with zero attached hydrogens (tertiary/aromatic N) is 1. The van der Waals surface area contributed by atoms with Crippen molar-refractivity contribution in [3.05, 3.63) is 0 Å². The number of carboxylic acids is 1. The van der Waals surface area contributed by atoms with Gasteiger partial charge in [0.2, 0.25) is 5.91 Å². The minimum absolute atomic E-state index is 0.0645. The predicted octanol–water partition coefficient (Wildman–Crippen LogP) is 0.683. The lowest BCUT2D eigenvalue weighted by molar-refractivity contribution is -0.139. The van der Waals surface area contributed by atoms with Crippen LogP contribution < -0.4 is 5.73 Å². The van der Waals surface area contributed by atoms with Crippen LogP contribution in [0.3, 0.4) is 0 Å². The van der Waals surface area contributed by atoms with Gasteiger partial charge in [0.15, 0.2) is 0 Å². The first-order chi connectivity index (χ1) is 7.71. The molecule has 1 heterocycles. The first-order valence-corrected chi connectivity index (χ1v) is 5.98. The fraction of sp³-hybridized carbons (Fsp3) is 0.833. The topological polar surface area (TPSA) is 83.6 Å². The molecule has 0 aromatic heterocycles. The standard InChI is InChI=1S/C12H22N2O3/c1-12(2,3)10(13)11(17)14-5-4-8(7-14)6-9(15)16/h8,10H,4-7,13H2,1-3H3,(H,15,16)/t8?,10-/m0/s1. The number of rotatable bonds is 3. The Morgan fingerprint density at radius 1 is 1.47 bits per heavy atom. The monoisotopic (exact) mass is 242 g/mol. The molecule has 0 radical (unpaired) electrons. The van der Waals surface area contributed by atoms with Crippen molar-refractivity contribution in [3.8, 4) is 0 Å². The molecular formula is C12H22N2O3. The van der Waals surface area contributed by atoms with E-state index in [1.54, 1.807) is 4.90 Å². The lowest BCUT2D eigenvalue weighted by atomic mass is 9.86. The number of carbonyl (C=O) groups excluding carboxylic acids is 1. The first kappa shape index (κ1) is 14.0. The van der Waals surface area contributed by atoms with Gasteiger partial charge in [0.05, 0.1) is 6.04 Å². The molecule has 0 bridgehead atoms. The summed E-state index contributed by atoms with van der Waals surface area (Å²) in [7, 11) is 0. The second kappa shape index (κ2) is 5.04. The van der Waals surface area contributed by atoms with Gasteiger partial charge in [0.25, 0.3) is 0 Å². The van der Waals surface area contributed by atoms with E-state index in [4.69, 9.17) is 10.8 Å². The number of hydrogen-bond acceptors (Lipinski definition) is 3. The molecule has 0 aliphatic carbocycles. The zero-order chi connectivity index (χ0) is 13.2. The Morgan fingerprint density at radius 2 is 2.06 bits per heavy atom. The molecule has 0 aromatic carbocycles. The second-order valence-corrected chi connectivity index (χ2v) is 5.88. The molecule has 2 atom stereocenters. The van der Waals surface area contributed by atoms with Crippen molar-refractivity contribution in [2.75, 3.05) is 13.1 Å². The van der Waals surface area contributed by atoms with Crippen molar-refractivity contribution in [2.24, 2.45) is 17.1 Å². The van der Waals surface area contributed by atoms with E-state index in [9.17, 15) is 9.59 Å². The van der Waals surface area contributed by atoms with Gasteiger partial charge in [-0.25, -0.2) is 0 Å². The Hall–Kier alpha value is -1.10. The third-order valence-electron chi connectivity index (χ3n) is 3.26. The van der Waals surface area contributed by atoms with Crippen LogP contribution in [0.5, 0.6) is 0 Å². The Kier molecular flexibility index (Phi) is 4.14. The number of carboxylic acid groups (broad SMARTS) is 1. The normalized spacial score (nSPS) is 22.6. The number of nitrogens with two attached hydrogens (primary N) is 1. The summed E-state index contributed by atoms with van der Waals surface area (Å²) in [6.07, 6.45) is 0.892. The van der Waals surface area contributed by atoms with E-state index in [1.807, 2.05) is 20.8 Å². The summed E-state index contributed by atoms with van der Waals surface area (Å²) in [5, 5.41) is 8.71. The molecule has 5 nitrogen and oxygen atoms in total. The highest BCUT2D eigenvalue weighted by molar-refractivity contribution is 5.82. The quantitative estimate of drug-likeness (QED) is 0.762. The molecule has 1 aliphatic rings. The Bertz CT molecular complexity index is 309. The number of amides is 1. The van der Waals surface area contributed by atoms with Gasteiger partial charge in [-0.3, -0.25) is 9.59 Å². The van der Waals surface area contributed by atoms with Crippen LogP contribution in [0.4, 0.5) is 0 Å². The number of aliphatic carboxylic acids is 1. The van der Waals surface area contributed by atoms with Crippen LogP contribution in [0.25, 0.3) is 0 Å². The summed E-state index contributed by atoms with van der Waals surface area (Å²) < 4.78 is 0. The van der Waals surface area contributed by atoms with Crippen LogP contribution in [-0.2, 0) is 9.59 Å². The third kappa shape index (κ3) is 3.70. The lowest BCUT2D eigenvalue weighted by Crippen LogP contribution is -2.49. The van der Waals surface area contributed by atoms with E-state index >= 15 is 0 Å². The maximum Gasteiger partial charge on any atom is 0.303 e. The Morgan fingerprint density at radius 3 is 2.53 bits per heavy atom. The molecular weight excluding hydrogens is 220 g/mol. The van der Waals surface area contributed by atoms with Crippen molar-refractivity contribution >= 4 is 11.9 Å². The van der Waals surface area contributed by atoms with Crippen molar-refractivity contribution in [2.45, 2.75) is 39.7 Å². The largest absolute Gasteiger partial charge is 0.481 e. The summed E-state index contributed by atoms with van der Waals surface area (Å²) >= 11 is 0. The van der Waals surface area contributed by atoms with Crippen molar-refractivity contribution in [1.82, 2.24) is 4.90 Å². The molecule has 0 aromatic rings. The second-order valence-electron chi connectivity index (χ2n) is 5.88. The maximum absolute atomic E-state index is 12.1. The Labute approximate surface area is 102 Å². The molecule has 1 saturated heterocycles. The summed E-state index contributed by atoms with van der Waals surface area (Å²) in [4.78, 5) is 24.4. The van der Waals surface area contributed by atoms with Gasteiger partial charge in [-0.05, 0) is 17.8 Å². The van der Waals surface area contributed by atoms with Gasteiger partial charge in [-0.15, -0.1) is 0 Å². The van der Waals surface area contributed by atoms with Crippen LogP contribution in [0.1, 0.15) is 33.6 Å². The fourth-order valence-corrected chi connectivity index (χ4v) is 2.01.